The molecular weight excluding hydrogens is 518 g/mol. The van der Waals surface area contributed by atoms with Crippen LogP contribution in [0, 0.1) is 5.82 Å². The van der Waals surface area contributed by atoms with E-state index in [2.05, 4.69) is 15.6 Å². The van der Waals surface area contributed by atoms with Crippen molar-refractivity contribution in [3.05, 3.63) is 52.3 Å². The highest BCUT2D eigenvalue weighted by Gasteiger charge is 2.41. The molecule has 0 fully saturated rings. The highest BCUT2D eigenvalue weighted by molar-refractivity contribution is 6.32. The summed E-state index contributed by atoms with van der Waals surface area (Å²) in [6.45, 7) is 6.42. The van der Waals surface area contributed by atoms with Crippen molar-refractivity contribution in [1.82, 2.24) is 10.2 Å². The van der Waals surface area contributed by atoms with E-state index >= 15 is 4.39 Å². The summed E-state index contributed by atoms with van der Waals surface area (Å²) in [7, 11) is 1.38. The molecule has 4 N–H and O–H groups in total. The summed E-state index contributed by atoms with van der Waals surface area (Å²) in [4.78, 5) is 30.5. The minimum absolute atomic E-state index is 0.100. The van der Waals surface area contributed by atoms with Crippen LogP contribution in [0.3, 0.4) is 0 Å². The van der Waals surface area contributed by atoms with Crippen LogP contribution < -0.4 is 16.4 Å². The number of benzene rings is 2. The molecule has 1 heterocycles. The van der Waals surface area contributed by atoms with Crippen LogP contribution in [0.5, 0.6) is 0 Å². The quantitative estimate of drug-likeness (QED) is 0.336. The second-order valence-corrected chi connectivity index (χ2v) is 10.0. The number of guanidine groups is 1. The second-order valence-electron chi connectivity index (χ2n) is 9.64. The number of ether oxygens (including phenoxy) is 1. The highest BCUT2D eigenvalue weighted by atomic mass is 35.5. The first-order chi connectivity index (χ1) is 16.9. The number of alkyl carbamates (subject to hydrolysis) is 1. The first-order valence-corrected chi connectivity index (χ1v) is 11.4. The lowest BCUT2D eigenvalue weighted by Crippen LogP contribution is -2.52. The normalized spacial score (nSPS) is 18.4. The Hall–Kier alpha value is -3.54. The lowest BCUT2D eigenvalue weighted by Gasteiger charge is -2.35. The molecule has 2 aromatic rings. The molecule has 0 bridgehead atoms. The topological polar surface area (TPSA) is 109 Å². The van der Waals surface area contributed by atoms with Gasteiger partial charge in [0, 0.05) is 12.6 Å². The fourth-order valence-electron chi connectivity index (χ4n) is 3.73. The van der Waals surface area contributed by atoms with Gasteiger partial charge in [0.25, 0.3) is 0 Å². The van der Waals surface area contributed by atoms with Gasteiger partial charge in [-0.25, -0.2) is 14.2 Å². The van der Waals surface area contributed by atoms with Crippen molar-refractivity contribution < 1.29 is 31.9 Å². The maximum atomic E-state index is 15.8. The summed E-state index contributed by atoms with van der Waals surface area (Å²) in [6, 6.07) is 6.11. The number of hydrogen-bond acceptors (Lipinski definition) is 6. The first-order valence-electron chi connectivity index (χ1n) is 11.0. The van der Waals surface area contributed by atoms with E-state index in [0.717, 1.165) is 17.0 Å². The monoisotopic (exact) mass is 543 g/mol. The molecule has 0 aliphatic carbocycles. The van der Waals surface area contributed by atoms with Gasteiger partial charge in [-0.1, -0.05) is 23.7 Å². The van der Waals surface area contributed by atoms with Crippen molar-refractivity contribution >= 4 is 46.6 Å². The van der Waals surface area contributed by atoms with E-state index in [4.69, 9.17) is 22.1 Å². The third-order valence-electron chi connectivity index (χ3n) is 5.46. The highest BCUT2D eigenvalue weighted by Crippen LogP contribution is 2.44. The minimum atomic E-state index is -4.87. The summed E-state index contributed by atoms with van der Waals surface area (Å²) in [5.41, 5.74) is 0.819. The Balaban J connectivity index is 2.05. The van der Waals surface area contributed by atoms with Gasteiger partial charge in [0.1, 0.15) is 5.60 Å². The van der Waals surface area contributed by atoms with Gasteiger partial charge in [0.15, 0.2) is 5.82 Å². The lowest BCUT2D eigenvalue weighted by atomic mass is 9.86. The van der Waals surface area contributed by atoms with E-state index in [9.17, 15) is 22.8 Å². The lowest BCUT2D eigenvalue weighted by molar-refractivity contribution is -0.136. The van der Waals surface area contributed by atoms with E-state index in [1.54, 1.807) is 20.8 Å². The van der Waals surface area contributed by atoms with Gasteiger partial charge in [-0.15, -0.1) is 0 Å². The number of aliphatic imine (C=N–C) groups is 1. The van der Waals surface area contributed by atoms with Gasteiger partial charge < -0.3 is 15.8 Å². The van der Waals surface area contributed by atoms with Crippen LogP contribution in [0.2, 0.25) is 5.02 Å². The third kappa shape index (κ3) is 6.07. The molecule has 0 radical (unpaired) electrons. The van der Waals surface area contributed by atoms with Gasteiger partial charge in [0.2, 0.25) is 11.9 Å². The number of nitrogens with two attached hydrogens (primary N) is 1. The number of nitrogens with one attached hydrogen (secondary N) is 2. The molecule has 1 aliphatic rings. The van der Waals surface area contributed by atoms with E-state index in [0.29, 0.717) is 0 Å². The van der Waals surface area contributed by atoms with Crippen molar-refractivity contribution in [2.24, 2.45) is 4.99 Å². The van der Waals surface area contributed by atoms with Crippen LogP contribution >= 0.6 is 11.6 Å². The molecule has 0 aromatic heterocycles. The summed E-state index contributed by atoms with van der Waals surface area (Å²) < 4.78 is 62.0. The molecule has 0 unspecified atom stereocenters. The molecule has 1 aliphatic heterocycles. The fraction of sp³-hybridized carbons (Fsp3) is 0.375. The largest absolute Gasteiger partial charge is 0.444 e. The van der Waals surface area contributed by atoms with E-state index < -0.39 is 51.4 Å². The third-order valence-corrected chi connectivity index (χ3v) is 5.78. The number of carbonyl (C=O) groups excluding carboxylic acids is 2. The summed E-state index contributed by atoms with van der Waals surface area (Å²) >= 11 is 5.78. The molecule has 3 rings (SSSR count). The Labute approximate surface area is 215 Å². The number of nitrogens with zero attached hydrogens (tertiary/aromatic N) is 2. The SMILES string of the molecule is CN1C(=O)C[C@@](C)(c2cccc(Nc3c(N)ccc(Cl)c3C(F)(F)F)c2F)N=C1NC(=O)OC(C)(C)C. The Morgan fingerprint density at radius 1 is 1.22 bits per heavy atom. The van der Waals surface area contributed by atoms with Crippen LogP contribution in [-0.4, -0.2) is 35.5 Å². The van der Waals surface area contributed by atoms with Crippen LogP contribution in [-0.2, 0) is 21.2 Å². The summed E-state index contributed by atoms with van der Waals surface area (Å²) in [5.74, 6) is -1.63. The maximum Gasteiger partial charge on any atom is 0.419 e. The molecule has 2 amide bonds. The molecule has 37 heavy (non-hydrogen) atoms. The standard InChI is InChI=1S/C24H26ClF4N5O3/c1-22(2,3)37-21(36)32-20-33-23(4,11-16(35)34(20)5)12-7-6-8-15(18(12)26)31-19-14(30)10-9-13(25)17(19)24(27,28)29/h6-10,31H,11,30H2,1-5H3,(H,32,33,36)/t23-/m0/s1. The molecule has 0 spiro atoms. The summed E-state index contributed by atoms with van der Waals surface area (Å²) in [5, 5.41) is 4.18. The number of halogens is 5. The van der Waals surface area contributed by atoms with Gasteiger partial charge >= 0.3 is 12.3 Å². The molecule has 0 saturated heterocycles. The van der Waals surface area contributed by atoms with Gasteiger partial charge in [-0.2, -0.15) is 13.2 Å². The Morgan fingerprint density at radius 2 is 1.86 bits per heavy atom. The van der Waals surface area contributed by atoms with Gasteiger partial charge in [-0.3, -0.25) is 15.0 Å². The molecule has 2 aromatic carbocycles. The van der Waals surface area contributed by atoms with Crippen molar-refractivity contribution in [3.8, 4) is 0 Å². The predicted molar refractivity (Wildman–Crippen MR) is 132 cm³/mol. The van der Waals surface area contributed by atoms with Gasteiger partial charge in [-0.05, 0) is 45.9 Å². The number of rotatable bonds is 3. The molecule has 200 valence electrons. The van der Waals surface area contributed by atoms with Crippen molar-refractivity contribution in [3.63, 3.8) is 0 Å². The van der Waals surface area contributed by atoms with E-state index in [1.165, 1.54) is 32.2 Å². The first kappa shape index (κ1) is 28.0. The smallest absolute Gasteiger partial charge is 0.419 e. The number of carbonyl (C=O) groups is 2. The molecule has 0 saturated carbocycles. The maximum absolute atomic E-state index is 15.8. The fourth-order valence-corrected chi connectivity index (χ4v) is 3.99. The zero-order valence-corrected chi connectivity index (χ0v) is 21.4. The zero-order valence-electron chi connectivity index (χ0n) is 20.7. The number of hydrogen-bond donors (Lipinski definition) is 3. The van der Waals surface area contributed by atoms with Crippen molar-refractivity contribution in [1.29, 1.82) is 0 Å². The van der Waals surface area contributed by atoms with Crippen LogP contribution in [0.4, 0.5) is 39.4 Å². The Morgan fingerprint density at radius 3 is 2.46 bits per heavy atom. The number of nitrogen functional groups attached to an aromatic ring is 1. The molecule has 8 nitrogen and oxygen atoms in total. The second kappa shape index (κ2) is 9.73. The van der Waals surface area contributed by atoms with E-state index in [-0.39, 0.29) is 29.3 Å². The predicted octanol–water partition coefficient (Wildman–Crippen LogP) is 5.78. The van der Waals surface area contributed by atoms with Crippen LogP contribution in [0.1, 0.15) is 45.2 Å². The number of anilines is 3. The Bertz CT molecular complexity index is 1280. The molecule has 1 atom stereocenters. The average Bonchev–Trinajstić information content (AvgIpc) is 2.73. The zero-order chi connectivity index (χ0) is 27.9. The number of amides is 2. The minimum Gasteiger partial charge on any atom is -0.444 e. The van der Waals surface area contributed by atoms with E-state index in [1.807, 2.05) is 0 Å². The molecular formula is C24H26ClF4N5O3. The van der Waals surface area contributed by atoms with Crippen molar-refractivity contribution in [2.45, 2.75) is 51.4 Å². The van der Waals surface area contributed by atoms with Crippen LogP contribution in [0.15, 0.2) is 35.3 Å². The average molecular weight is 544 g/mol. The van der Waals surface area contributed by atoms with Crippen molar-refractivity contribution in [2.75, 3.05) is 18.1 Å². The molecule has 13 heteroatoms. The van der Waals surface area contributed by atoms with Gasteiger partial charge in [0.05, 0.1) is 39.6 Å². The Kier molecular flexibility index (Phi) is 7.37. The van der Waals surface area contributed by atoms with Crippen LogP contribution in [0.25, 0.3) is 0 Å². The number of alkyl halides is 3. The summed E-state index contributed by atoms with van der Waals surface area (Å²) in [6.07, 6.45) is -6.03.